The standard InChI is InChI=1S/C19H28BrN5/c1-21-19(25(5)14-18-10-17(20)13-24(18)4)22-11-15-8-6-7-9-16(15)12-23(2)3/h6-10,13H,11-12,14H2,1-5H3,(H,21,22). The van der Waals surface area contributed by atoms with Crippen LogP contribution in [0.5, 0.6) is 0 Å². The first-order valence-corrected chi connectivity index (χ1v) is 9.14. The molecule has 0 aliphatic heterocycles. The van der Waals surface area contributed by atoms with E-state index in [2.05, 4.69) is 105 Å². The molecule has 0 bridgehead atoms. The van der Waals surface area contributed by atoms with Gasteiger partial charge in [-0.3, -0.25) is 4.99 Å². The Kier molecular flexibility index (Phi) is 7.08. The summed E-state index contributed by atoms with van der Waals surface area (Å²) in [4.78, 5) is 8.75. The molecule has 25 heavy (non-hydrogen) atoms. The van der Waals surface area contributed by atoms with Crippen molar-refractivity contribution in [1.29, 1.82) is 0 Å². The van der Waals surface area contributed by atoms with Crippen molar-refractivity contribution in [2.24, 2.45) is 12.0 Å². The number of halogens is 1. The Morgan fingerprint density at radius 1 is 1.16 bits per heavy atom. The molecular weight excluding hydrogens is 378 g/mol. The number of nitrogens with one attached hydrogen (secondary N) is 1. The number of hydrogen-bond acceptors (Lipinski definition) is 2. The van der Waals surface area contributed by atoms with Gasteiger partial charge in [-0.1, -0.05) is 24.3 Å². The van der Waals surface area contributed by atoms with Crippen molar-refractivity contribution in [3.8, 4) is 0 Å². The summed E-state index contributed by atoms with van der Waals surface area (Å²) < 4.78 is 3.22. The number of aryl methyl sites for hydroxylation is 1. The van der Waals surface area contributed by atoms with Gasteiger partial charge in [-0.2, -0.15) is 0 Å². The van der Waals surface area contributed by atoms with Crippen LogP contribution < -0.4 is 5.32 Å². The number of aromatic nitrogens is 1. The summed E-state index contributed by atoms with van der Waals surface area (Å²) in [5, 5.41) is 3.48. The van der Waals surface area contributed by atoms with E-state index in [9.17, 15) is 0 Å². The molecule has 136 valence electrons. The van der Waals surface area contributed by atoms with Crippen molar-refractivity contribution < 1.29 is 0 Å². The zero-order chi connectivity index (χ0) is 18.4. The van der Waals surface area contributed by atoms with E-state index in [4.69, 9.17) is 0 Å². The fraction of sp³-hybridized carbons (Fsp3) is 0.421. The number of aliphatic imine (C=N–C) groups is 1. The minimum absolute atomic E-state index is 0.762. The Morgan fingerprint density at radius 3 is 2.40 bits per heavy atom. The van der Waals surface area contributed by atoms with Gasteiger partial charge in [0.15, 0.2) is 5.96 Å². The predicted octanol–water partition coefficient (Wildman–Crippen LogP) is 3.06. The molecule has 0 saturated heterocycles. The number of rotatable bonds is 6. The molecule has 0 amide bonds. The van der Waals surface area contributed by atoms with Gasteiger partial charge in [-0.25, -0.2) is 0 Å². The summed E-state index contributed by atoms with van der Waals surface area (Å²) in [6.07, 6.45) is 2.07. The maximum Gasteiger partial charge on any atom is 0.194 e. The van der Waals surface area contributed by atoms with E-state index >= 15 is 0 Å². The van der Waals surface area contributed by atoms with Crippen LogP contribution >= 0.6 is 15.9 Å². The molecule has 1 heterocycles. The maximum atomic E-state index is 4.43. The third-order valence-corrected chi connectivity index (χ3v) is 4.52. The lowest BCUT2D eigenvalue weighted by Gasteiger charge is -2.23. The second kappa shape index (κ2) is 9.06. The third kappa shape index (κ3) is 5.61. The molecule has 0 unspecified atom stereocenters. The lowest BCUT2D eigenvalue weighted by Crippen LogP contribution is -2.38. The predicted molar refractivity (Wildman–Crippen MR) is 109 cm³/mol. The Hall–Kier alpha value is -1.79. The molecule has 0 spiro atoms. The molecule has 0 aliphatic rings. The quantitative estimate of drug-likeness (QED) is 0.592. The maximum absolute atomic E-state index is 4.43. The van der Waals surface area contributed by atoms with E-state index in [-0.39, 0.29) is 0 Å². The molecule has 0 radical (unpaired) electrons. The molecule has 0 saturated carbocycles. The van der Waals surface area contributed by atoms with Gasteiger partial charge in [0, 0.05) is 50.6 Å². The average Bonchev–Trinajstić information content (AvgIpc) is 2.86. The highest BCUT2D eigenvalue weighted by Crippen LogP contribution is 2.15. The molecule has 6 heteroatoms. The van der Waals surface area contributed by atoms with Gasteiger partial charge < -0.3 is 19.7 Å². The van der Waals surface area contributed by atoms with Crippen molar-refractivity contribution in [3.05, 3.63) is 57.8 Å². The number of guanidine groups is 1. The van der Waals surface area contributed by atoms with Crippen LogP contribution in [0.1, 0.15) is 16.8 Å². The van der Waals surface area contributed by atoms with Gasteiger partial charge in [-0.05, 0) is 47.2 Å². The van der Waals surface area contributed by atoms with Gasteiger partial charge in [0.05, 0.1) is 6.54 Å². The highest BCUT2D eigenvalue weighted by Gasteiger charge is 2.10. The van der Waals surface area contributed by atoms with Gasteiger partial charge >= 0.3 is 0 Å². The summed E-state index contributed by atoms with van der Waals surface area (Å²) in [7, 11) is 10.1. The molecule has 0 fully saturated rings. The van der Waals surface area contributed by atoms with Crippen LogP contribution in [-0.4, -0.2) is 48.5 Å². The molecule has 5 nitrogen and oxygen atoms in total. The van der Waals surface area contributed by atoms with Crippen LogP contribution in [0.4, 0.5) is 0 Å². The summed E-state index contributed by atoms with van der Waals surface area (Å²) in [5.41, 5.74) is 3.86. The average molecular weight is 406 g/mol. The molecule has 0 aliphatic carbocycles. The monoisotopic (exact) mass is 405 g/mol. The van der Waals surface area contributed by atoms with Crippen LogP contribution in [0.25, 0.3) is 0 Å². The lowest BCUT2D eigenvalue weighted by molar-refractivity contribution is 0.400. The summed E-state index contributed by atoms with van der Waals surface area (Å²) >= 11 is 3.53. The summed E-state index contributed by atoms with van der Waals surface area (Å²) in [6, 6.07) is 10.7. The van der Waals surface area contributed by atoms with Crippen LogP contribution in [0, 0.1) is 0 Å². The first-order valence-electron chi connectivity index (χ1n) is 8.34. The van der Waals surface area contributed by atoms with Crippen molar-refractivity contribution in [3.63, 3.8) is 0 Å². The van der Waals surface area contributed by atoms with E-state index in [0.29, 0.717) is 0 Å². The van der Waals surface area contributed by atoms with E-state index in [1.54, 1.807) is 0 Å². The molecule has 1 aromatic carbocycles. The van der Waals surface area contributed by atoms with Crippen molar-refractivity contribution in [1.82, 2.24) is 19.7 Å². The van der Waals surface area contributed by atoms with Crippen LogP contribution in [0.15, 0.2) is 46.0 Å². The smallest absolute Gasteiger partial charge is 0.194 e. The summed E-state index contributed by atoms with van der Waals surface area (Å²) in [6.45, 7) is 2.49. The highest BCUT2D eigenvalue weighted by molar-refractivity contribution is 9.10. The Bertz CT molecular complexity index is 720. The zero-order valence-electron chi connectivity index (χ0n) is 15.8. The highest BCUT2D eigenvalue weighted by atomic mass is 79.9. The van der Waals surface area contributed by atoms with Gasteiger partial charge in [0.25, 0.3) is 0 Å². The lowest BCUT2D eigenvalue weighted by atomic mass is 10.1. The minimum Gasteiger partial charge on any atom is -0.352 e. The molecule has 1 N–H and O–H groups in total. The fourth-order valence-electron chi connectivity index (χ4n) is 2.83. The van der Waals surface area contributed by atoms with Crippen molar-refractivity contribution in [2.45, 2.75) is 19.6 Å². The molecule has 1 aromatic heterocycles. The van der Waals surface area contributed by atoms with Crippen molar-refractivity contribution in [2.75, 3.05) is 28.2 Å². The van der Waals surface area contributed by atoms with E-state index in [1.165, 1.54) is 16.8 Å². The zero-order valence-corrected chi connectivity index (χ0v) is 17.3. The second-order valence-corrected chi connectivity index (χ2v) is 7.44. The Morgan fingerprint density at radius 2 is 1.84 bits per heavy atom. The second-order valence-electron chi connectivity index (χ2n) is 6.52. The van der Waals surface area contributed by atoms with Crippen LogP contribution in [0.2, 0.25) is 0 Å². The van der Waals surface area contributed by atoms with Crippen LogP contribution in [0.3, 0.4) is 0 Å². The largest absolute Gasteiger partial charge is 0.352 e. The van der Waals surface area contributed by atoms with Crippen molar-refractivity contribution >= 4 is 21.9 Å². The fourth-order valence-corrected chi connectivity index (χ4v) is 3.40. The third-order valence-electron chi connectivity index (χ3n) is 4.09. The number of hydrogen-bond donors (Lipinski definition) is 1. The van der Waals surface area contributed by atoms with E-state index < -0.39 is 0 Å². The topological polar surface area (TPSA) is 35.8 Å². The minimum atomic E-state index is 0.762. The van der Waals surface area contributed by atoms with E-state index in [1.807, 2.05) is 7.05 Å². The van der Waals surface area contributed by atoms with Gasteiger partial charge in [-0.15, -0.1) is 0 Å². The Balaban J connectivity index is 2.02. The first-order chi connectivity index (χ1) is 11.9. The SMILES string of the molecule is CN=C(NCc1ccccc1CN(C)C)N(C)Cc1cc(Br)cn1C. The molecule has 2 aromatic rings. The summed E-state index contributed by atoms with van der Waals surface area (Å²) in [5.74, 6) is 0.886. The molecular formula is C19H28BrN5. The molecule has 2 rings (SSSR count). The van der Waals surface area contributed by atoms with E-state index in [0.717, 1.165) is 30.1 Å². The first kappa shape index (κ1) is 19.5. The normalized spacial score (nSPS) is 11.9. The van der Waals surface area contributed by atoms with Crippen LogP contribution in [-0.2, 0) is 26.7 Å². The Labute approximate surface area is 159 Å². The van der Waals surface area contributed by atoms with Gasteiger partial charge in [0.2, 0.25) is 0 Å². The number of benzene rings is 1. The molecule has 0 atom stereocenters. The van der Waals surface area contributed by atoms with Gasteiger partial charge in [0.1, 0.15) is 0 Å². The number of nitrogens with zero attached hydrogens (tertiary/aromatic N) is 4.